The monoisotopic (exact) mass is 324 g/mol. The van der Waals surface area contributed by atoms with Gasteiger partial charge in [-0.25, -0.2) is 0 Å². The Morgan fingerprint density at radius 1 is 1.00 bits per heavy atom. The number of unbranched alkanes of at least 4 members (excludes halogenated alkanes) is 4. The molecule has 130 valence electrons. The van der Waals surface area contributed by atoms with Gasteiger partial charge in [-0.15, -0.1) is 0 Å². The summed E-state index contributed by atoms with van der Waals surface area (Å²) in [5.74, 6) is 0.952. The second-order valence-corrected chi connectivity index (χ2v) is 6.69. The smallest absolute Gasteiger partial charge is 0.149 e. The Morgan fingerprint density at radius 3 is 2.50 bits per heavy atom. The van der Waals surface area contributed by atoms with E-state index in [1.54, 1.807) is 0 Å². The molecule has 0 N–H and O–H groups in total. The fourth-order valence-electron chi connectivity index (χ4n) is 3.00. The molecule has 0 fully saturated rings. The van der Waals surface area contributed by atoms with Crippen molar-refractivity contribution in [3.63, 3.8) is 0 Å². The highest BCUT2D eigenvalue weighted by atomic mass is 16.5. The lowest BCUT2D eigenvalue weighted by Gasteiger charge is -2.29. The lowest BCUT2D eigenvalue weighted by Crippen LogP contribution is -2.31. The first-order chi connectivity index (χ1) is 11.8. The lowest BCUT2D eigenvalue weighted by atomic mass is 9.94. The standard InChI is InChI=1S/C23H32O/c1-3-5-7-9-13-21-14-16-22(17-15-21)24-23(18-10-6-4-2)19-11-8-12-20-23/h8,10-12,14-19H,3-7,9,13,20H2,1-2H3. The topological polar surface area (TPSA) is 9.23 Å². The molecule has 2 rings (SSSR count). The zero-order valence-electron chi connectivity index (χ0n) is 15.3. The van der Waals surface area contributed by atoms with Gasteiger partial charge in [-0.3, -0.25) is 0 Å². The van der Waals surface area contributed by atoms with Gasteiger partial charge < -0.3 is 4.74 Å². The van der Waals surface area contributed by atoms with Crippen LogP contribution in [0.15, 0.2) is 60.7 Å². The minimum atomic E-state index is -0.327. The van der Waals surface area contributed by atoms with E-state index in [1.807, 2.05) is 0 Å². The van der Waals surface area contributed by atoms with Crippen LogP contribution >= 0.6 is 0 Å². The third-order valence-electron chi connectivity index (χ3n) is 4.47. The van der Waals surface area contributed by atoms with Crippen LogP contribution in [0, 0.1) is 0 Å². The van der Waals surface area contributed by atoms with Gasteiger partial charge in [0.15, 0.2) is 0 Å². The van der Waals surface area contributed by atoms with Crippen LogP contribution in [0.1, 0.15) is 64.4 Å². The largest absolute Gasteiger partial charge is 0.479 e. The van der Waals surface area contributed by atoms with Crippen molar-refractivity contribution in [1.82, 2.24) is 0 Å². The van der Waals surface area contributed by atoms with E-state index in [0.29, 0.717) is 0 Å². The molecule has 1 aliphatic rings. The van der Waals surface area contributed by atoms with Crippen molar-refractivity contribution >= 4 is 0 Å². The van der Waals surface area contributed by atoms with E-state index in [1.165, 1.54) is 44.1 Å². The summed E-state index contributed by atoms with van der Waals surface area (Å²) < 4.78 is 6.36. The highest BCUT2D eigenvalue weighted by molar-refractivity contribution is 5.33. The minimum absolute atomic E-state index is 0.327. The normalized spacial score (nSPS) is 19.9. The van der Waals surface area contributed by atoms with E-state index >= 15 is 0 Å². The van der Waals surface area contributed by atoms with Crippen molar-refractivity contribution in [1.29, 1.82) is 0 Å². The Bertz CT molecular complexity index is 550. The zero-order chi connectivity index (χ0) is 17.1. The molecule has 1 aromatic rings. The molecular formula is C23H32O. The molecule has 1 aliphatic carbocycles. The maximum absolute atomic E-state index is 6.36. The maximum atomic E-state index is 6.36. The summed E-state index contributed by atoms with van der Waals surface area (Å²) in [5, 5.41) is 0. The Hall–Kier alpha value is -1.76. The van der Waals surface area contributed by atoms with Gasteiger partial charge in [-0.2, -0.15) is 0 Å². The molecule has 0 heterocycles. The van der Waals surface area contributed by atoms with E-state index in [-0.39, 0.29) is 5.60 Å². The fraction of sp³-hybridized carbons (Fsp3) is 0.478. The molecule has 24 heavy (non-hydrogen) atoms. The molecule has 0 saturated carbocycles. The average Bonchev–Trinajstić information content (AvgIpc) is 2.61. The Labute approximate surface area is 148 Å². The van der Waals surface area contributed by atoms with Crippen LogP contribution in [0.5, 0.6) is 5.75 Å². The summed E-state index contributed by atoms with van der Waals surface area (Å²) in [6.07, 6.45) is 22.6. The van der Waals surface area contributed by atoms with E-state index in [9.17, 15) is 0 Å². The van der Waals surface area contributed by atoms with Crippen molar-refractivity contribution in [3.8, 4) is 5.75 Å². The van der Waals surface area contributed by atoms with Crippen molar-refractivity contribution in [3.05, 3.63) is 66.3 Å². The molecule has 1 atom stereocenters. The number of hydrogen-bond acceptors (Lipinski definition) is 1. The van der Waals surface area contributed by atoms with Crippen molar-refractivity contribution in [2.45, 2.75) is 70.8 Å². The number of hydrogen-bond donors (Lipinski definition) is 0. The fourth-order valence-corrected chi connectivity index (χ4v) is 3.00. The maximum Gasteiger partial charge on any atom is 0.149 e. The van der Waals surface area contributed by atoms with Gasteiger partial charge in [0.2, 0.25) is 0 Å². The Kier molecular flexibility index (Phi) is 7.88. The number of allylic oxidation sites excluding steroid dienone is 3. The summed E-state index contributed by atoms with van der Waals surface area (Å²) >= 11 is 0. The highest BCUT2D eigenvalue weighted by Gasteiger charge is 2.26. The van der Waals surface area contributed by atoms with Gasteiger partial charge in [-0.05, 0) is 49.1 Å². The summed E-state index contributed by atoms with van der Waals surface area (Å²) in [4.78, 5) is 0. The van der Waals surface area contributed by atoms with Crippen molar-refractivity contribution in [2.75, 3.05) is 0 Å². The first-order valence-corrected chi connectivity index (χ1v) is 9.58. The summed E-state index contributed by atoms with van der Waals surface area (Å²) in [7, 11) is 0. The molecule has 0 spiro atoms. The quantitative estimate of drug-likeness (QED) is 0.340. The molecule has 1 unspecified atom stereocenters. The van der Waals surface area contributed by atoms with E-state index < -0.39 is 0 Å². The Morgan fingerprint density at radius 2 is 1.83 bits per heavy atom. The summed E-state index contributed by atoms with van der Waals surface area (Å²) in [6.45, 7) is 4.46. The summed E-state index contributed by atoms with van der Waals surface area (Å²) in [6, 6.07) is 8.67. The second-order valence-electron chi connectivity index (χ2n) is 6.69. The van der Waals surface area contributed by atoms with Gasteiger partial charge in [0, 0.05) is 6.42 Å². The van der Waals surface area contributed by atoms with Crippen LogP contribution in [0.25, 0.3) is 0 Å². The van der Waals surface area contributed by atoms with Gasteiger partial charge in [-0.1, -0.05) is 76.0 Å². The minimum Gasteiger partial charge on any atom is -0.479 e. The number of aryl methyl sites for hydroxylation is 1. The number of rotatable bonds is 10. The average molecular weight is 325 g/mol. The Balaban J connectivity index is 1.96. The molecule has 1 aromatic carbocycles. The molecule has 1 heteroatoms. The molecule has 0 saturated heterocycles. The first-order valence-electron chi connectivity index (χ1n) is 9.58. The molecule has 1 nitrogen and oxygen atoms in total. The van der Waals surface area contributed by atoms with Crippen molar-refractivity contribution < 1.29 is 4.74 Å². The van der Waals surface area contributed by atoms with Crippen LogP contribution in [0.4, 0.5) is 0 Å². The predicted octanol–water partition coefficient (Wildman–Crippen LogP) is 6.80. The lowest BCUT2D eigenvalue weighted by molar-refractivity contribution is 0.173. The van der Waals surface area contributed by atoms with Crippen LogP contribution in [0.2, 0.25) is 0 Å². The van der Waals surface area contributed by atoms with Crippen LogP contribution in [0.3, 0.4) is 0 Å². The molecule has 0 bridgehead atoms. The third kappa shape index (κ3) is 6.03. The molecule has 0 aromatic heterocycles. The van der Waals surface area contributed by atoms with Crippen LogP contribution in [-0.2, 0) is 6.42 Å². The van der Waals surface area contributed by atoms with Gasteiger partial charge in [0.25, 0.3) is 0 Å². The zero-order valence-corrected chi connectivity index (χ0v) is 15.3. The van der Waals surface area contributed by atoms with E-state index in [4.69, 9.17) is 4.74 Å². The third-order valence-corrected chi connectivity index (χ3v) is 4.47. The number of benzene rings is 1. The molecule has 0 radical (unpaired) electrons. The molecule has 0 aliphatic heterocycles. The van der Waals surface area contributed by atoms with Gasteiger partial charge in [0.1, 0.15) is 11.4 Å². The SMILES string of the molecule is CCCC=CC1(Oc2ccc(CCCCCC)cc2)C=CC=CC1. The first kappa shape index (κ1) is 18.6. The van der Waals surface area contributed by atoms with Crippen LogP contribution < -0.4 is 4.74 Å². The second kappa shape index (κ2) is 10.2. The summed E-state index contributed by atoms with van der Waals surface area (Å²) in [5.41, 5.74) is 1.08. The molecule has 0 amide bonds. The van der Waals surface area contributed by atoms with Crippen LogP contribution in [-0.4, -0.2) is 5.60 Å². The predicted molar refractivity (Wildman–Crippen MR) is 105 cm³/mol. The van der Waals surface area contributed by atoms with E-state index in [0.717, 1.165) is 18.6 Å². The van der Waals surface area contributed by atoms with Crippen molar-refractivity contribution in [2.24, 2.45) is 0 Å². The van der Waals surface area contributed by atoms with Gasteiger partial charge >= 0.3 is 0 Å². The highest BCUT2D eigenvalue weighted by Crippen LogP contribution is 2.28. The number of ether oxygens (including phenoxy) is 1. The van der Waals surface area contributed by atoms with Gasteiger partial charge in [0.05, 0.1) is 0 Å². The van der Waals surface area contributed by atoms with E-state index in [2.05, 4.69) is 74.6 Å². The molecular weight excluding hydrogens is 292 g/mol.